The van der Waals surface area contributed by atoms with Crippen molar-refractivity contribution in [2.75, 3.05) is 10.6 Å². The van der Waals surface area contributed by atoms with Gasteiger partial charge in [0.2, 0.25) is 10.9 Å². The highest BCUT2D eigenvalue weighted by Gasteiger charge is 2.15. The Morgan fingerprint density at radius 2 is 1.77 bits per heavy atom. The van der Waals surface area contributed by atoms with Gasteiger partial charge in [0, 0.05) is 41.3 Å². The van der Waals surface area contributed by atoms with Gasteiger partial charge in [-0.1, -0.05) is 12.1 Å². The number of nitrogens with one attached hydrogen (secondary N) is 2. The first-order valence-electron chi connectivity index (χ1n) is 8.69. The van der Waals surface area contributed by atoms with Gasteiger partial charge in [-0.25, -0.2) is 4.52 Å². The van der Waals surface area contributed by atoms with Crippen LogP contribution in [-0.2, 0) is 4.79 Å². The number of carbonyl (C=O) groups excluding carboxylic acids is 2. The summed E-state index contributed by atoms with van der Waals surface area (Å²) in [6.45, 7) is 1.44. The van der Waals surface area contributed by atoms with Crippen molar-refractivity contribution in [3.8, 4) is 11.3 Å². The number of hydrogen-bond donors (Lipinski definition) is 2. The number of aromatic nitrogens is 3. The van der Waals surface area contributed by atoms with E-state index in [4.69, 9.17) is 0 Å². The zero-order valence-electron chi connectivity index (χ0n) is 15.5. The molecule has 0 bridgehead atoms. The quantitative estimate of drug-likeness (QED) is 0.373. The molecule has 2 aromatic carbocycles. The Balaban J connectivity index is 1.54. The molecule has 0 aliphatic rings. The Labute approximate surface area is 173 Å². The highest BCUT2D eigenvalue weighted by molar-refractivity contribution is 7.15. The van der Waals surface area contributed by atoms with Crippen LogP contribution in [-0.4, -0.2) is 31.3 Å². The summed E-state index contributed by atoms with van der Waals surface area (Å²) in [4.78, 5) is 38.6. The van der Waals surface area contributed by atoms with Crippen LogP contribution in [0.15, 0.2) is 53.9 Å². The molecule has 0 radical (unpaired) electrons. The molecule has 10 nitrogen and oxygen atoms in total. The largest absolute Gasteiger partial charge is 0.326 e. The van der Waals surface area contributed by atoms with Crippen LogP contribution in [0.2, 0.25) is 0 Å². The third-order valence-electron chi connectivity index (χ3n) is 4.15. The molecule has 0 saturated heterocycles. The van der Waals surface area contributed by atoms with Crippen molar-refractivity contribution >= 4 is 45.4 Å². The monoisotopic (exact) mass is 422 g/mol. The summed E-state index contributed by atoms with van der Waals surface area (Å²) in [5.74, 6) is -0.490. The number of benzene rings is 2. The number of rotatable bonds is 5. The lowest BCUT2D eigenvalue weighted by Crippen LogP contribution is -2.13. The van der Waals surface area contributed by atoms with E-state index in [-0.39, 0.29) is 23.1 Å². The molecule has 0 spiro atoms. The molecule has 11 heteroatoms. The summed E-state index contributed by atoms with van der Waals surface area (Å²) in [7, 11) is 0. The van der Waals surface area contributed by atoms with E-state index in [2.05, 4.69) is 20.7 Å². The number of non-ortho nitro benzene ring substituents is 1. The summed E-state index contributed by atoms with van der Waals surface area (Å²) in [6, 6.07) is 12.5. The predicted octanol–water partition coefficient (Wildman–Crippen LogP) is 3.58. The molecule has 2 N–H and O–H groups in total. The molecular formula is C19H14N6O4S. The van der Waals surface area contributed by atoms with Gasteiger partial charge in [0.25, 0.3) is 17.5 Å². The standard InChI is InChI=1S/C19H14N6O4S/c1-11(26)20-14-6-2-12(3-7-14)16-10-30-19-22-18(23-24(16)19)21-17(27)13-4-8-15(9-5-13)25(28)29/h2-10H,1H3,(H,20,26)(H,21,23,27). The van der Waals surface area contributed by atoms with Crippen molar-refractivity contribution in [2.24, 2.45) is 0 Å². The zero-order chi connectivity index (χ0) is 21.3. The van der Waals surface area contributed by atoms with E-state index < -0.39 is 10.8 Å². The molecule has 0 aliphatic heterocycles. The fourth-order valence-electron chi connectivity index (χ4n) is 2.77. The lowest BCUT2D eigenvalue weighted by atomic mass is 10.1. The maximum Gasteiger partial charge on any atom is 0.269 e. The van der Waals surface area contributed by atoms with Gasteiger partial charge in [-0.3, -0.25) is 25.0 Å². The minimum Gasteiger partial charge on any atom is -0.326 e. The van der Waals surface area contributed by atoms with E-state index in [1.165, 1.54) is 42.5 Å². The Kier molecular flexibility index (Phi) is 4.94. The molecule has 2 amide bonds. The highest BCUT2D eigenvalue weighted by Crippen LogP contribution is 2.27. The molecule has 4 aromatic rings. The van der Waals surface area contributed by atoms with Crippen molar-refractivity contribution in [1.29, 1.82) is 0 Å². The van der Waals surface area contributed by atoms with Crippen LogP contribution in [0.25, 0.3) is 16.2 Å². The normalized spacial score (nSPS) is 10.7. The molecule has 150 valence electrons. The van der Waals surface area contributed by atoms with Gasteiger partial charge < -0.3 is 5.32 Å². The Bertz CT molecular complexity index is 1260. The third kappa shape index (κ3) is 3.86. The Morgan fingerprint density at radius 3 is 2.40 bits per heavy atom. The predicted molar refractivity (Wildman–Crippen MR) is 112 cm³/mol. The number of nitrogens with zero attached hydrogens (tertiary/aromatic N) is 4. The first-order chi connectivity index (χ1) is 14.4. The van der Waals surface area contributed by atoms with Crippen LogP contribution >= 0.6 is 11.3 Å². The van der Waals surface area contributed by atoms with Crippen molar-refractivity contribution in [1.82, 2.24) is 14.6 Å². The highest BCUT2D eigenvalue weighted by atomic mass is 32.1. The number of carbonyl (C=O) groups is 2. The lowest BCUT2D eigenvalue weighted by molar-refractivity contribution is -0.384. The molecule has 2 aromatic heterocycles. The van der Waals surface area contributed by atoms with Crippen LogP contribution in [0.3, 0.4) is 0 Å². The lowest BCUT2D eigenvalue weighted by Gasteiger charge is -2.03. The second kappa shape index (κ2) is 7.72. The van der Waals surface area contributed by atoms with E-state index >= 15 is 0 Å². The molecule has 0 saturated carbocycles. The van der Waals surface area contributed by atoms with Crippen LogP contribution in [0, 0.1) is 10.1 Å². The van der Waals surface area contributed by atoms with Gasteiger partial charge in [0.05, 0.1) is 10.6 Å². The van der Waals surface area contributed by atoms with Gasteiger partial charge in [0.1, 0.15) is 0 Å². The number of amides is 2. The van der Waals surface area contributed by atoms with Gasteiger partial charge >= 0.3 is 0 Å². The van der Waals surface area contributed by atoms with Crippen molar-refractivity contribution in [3.05, 3.63) is 69.6 Å². The summed E-state index contributed by atoms with van der Waals surface area (Å²) in [5.41, 5.74) is 2.50. The van der Waals surface area contributed by atoms with Crippen LogP contribution in [0.1, 0.15) is 17.3 Å². The molecule has 0 atom stereocenters. The van der Waals surface area contributed by atoms with Gasteiger partial charge in [-0.2, -0.15) is 4.98 Å². The summed E-state index contributed by atoms with van der Waals surface area (Å²) >= 11 is 1.37. The third-order valence-corrected chi connectivity index (χ3v) is 4.96. The van der Waals surface area contributed by atoms with E-state index in [0.717, 1.165) is 11.3 Å². The smallest absolute Gasteiger partial charge is 0.269 e. The van der Waals surface area contributed by atoms with E-state index in [9.17, 15) is 19.7 Å². The second-order valence-electron chi connectivity index (χ2n) is 6.27. The number of fused-ring (bicyclic) bond motifs is 1. The first-order valence-corrected chi connectivity index (χ1v) is 9.57. The molecular weight excluding hydrogens is 408 g/mol. The Hall–Kier alpha value is -4.12. The number of hydrogen-bond acceptors (Lipinski definition) is 7. The van der Waals surface area contributed by atoms with E-state index in [1.807, 2.05) is 17.5 Å². The van der Waals surface area contributed by atoms with Crippen LogP contribution in [0.4, 0.5) is 17.3 Å². The molecule has 0 aliphatic carbocycles. The topological polar surface area (TPSA) is 132 Å². The van der Waals surface area contributed by atoms with Crippen LogP contribution in [0.5, 0.6) is 0 Å². The Morgan fingerprint density at radius 1 is 1.07 bits per heavy atom. The van der Waals surface area contributed by atoms with Gasteiger partial charge in [-0.15, -0.1) is 16.4 Å². The maximum atomic E-state index is 12.4. The average molecular weight is 422 g/mol. The molecule has 0 unspecified atom stereocenters. The molecule has 2 heterocycles. The molecule has 30 heavy (non-hydrogen) atoms. The molecule has 4 rings (SSSR count). The minimum absolute atomic E-state index is 0.0960. The van der Waals surface area contributed by atoms with Crippen LogP contribution < -0.4 is 10.6 Å². The summed E-state index contributed by atoms with van der Waals surface area (Å²) in [5, 5.41) is 22.3. The number of nitro benzene ring substituents is 1. The van der Waals surface area contributed by atoms with Gasteiger partial charge in [-0.05, 0) is 24.3 Å². The zero-order valence-corrected chi connectivity index (χ0v) is 16.3. The fraction of sp³-hybridized carbons (Fsp3) is 0.0526. The molecule has 0 fully saturated rings. The maximum absolute atomic E-state index is 12.4. The van der Waals surface area contributed by atoms with E-state index in [0.29, 0.717) is 10.6 Å². The first kappa shape index (κ1) is 19.2. The minimum atomic E-state index is -0.531. The van der Waals surface area contributed by atoms with Crippen molar-refractivity contribution in [2.45, 2.75) is 6.92 Å². The summed E-state index contributed by atoms with van der Waals surface area (Å²) < 4.78 is 1.61. The SMILES string of the molecule is CC(=O)Nc1ccc(-c2csc3nc(NC(=O)c4ccc([N+](=O)[O-])cc4)nn23)cc1. The number of nitro groups is 1. The average Bonchev–Trinajstić information content (AvgIpc) is 3.28. The fourth-order valence-corrected chi connectivity index (χ4v) is 3.60. The number of anilines is 2. The van der Waals surface area contributed by atoms with E-state index in [1.54, 1.807) is 16.6 Å². The number of thiazole rings is 1. The second-order valence-corrected chi connectivity index (χ2v) is 7.10. The van der Waals surface area contributed by atoms with Crippen molar-refractivity contribution < 1.29 is 14.5 Å². The van der Waals surface area contributed by atoms with Gasteiger partial charge in [0.15, 0.2) is 0 Å². The summed E-state index contributed by atoms with van der Waals surface area (Å²) in [6.07, 6.45) is 0. The van der Waals surface area contributed by atoms with Crippen molar-refractivity contribution in [3.63, 3.8) is 0 Å².